The van der Waals surface area contributed by atoms with E-state index in [0.717, 1.165) is 5.56 Å². The van der Waals surface area contributed by atoms with E-state index in [1.54, 1.807) is 12.1 Å². The van der Waals surface area contributed by atoms with Gasteiger partial charge in [-0.2, -0.15) is 0 Å². The number of carbonyl (C=O) groups is 1. The summed E-state index contributed by atoms with van der Waals surface area (Å²) in [6, 6.07) is 11.3. The molecule has 104 valence electrons. The van der Waals surface area contributed by atoms with E-state index >= 15 is 0 Å². The minimum absolute atomic E-state index is 0.182. The zero-order valence-electron chi connectivity index (χ0n) is 11.4. The van der Waals surface area contributed by atoms with E-state index in [1.165, 1.54) is 22.3 Å². The summed E-state index contributed by atoms with van der Waals surface area (Å²) < 4.78 is 1.47. The number of rotatable bonds is 3. The van der Waals surface area contributed by atoms with E-state index in [0.29, 0.717) is 11.5 Å². The van der Waals surface area contributed by atoms with E-state index in [9.17, 15) is 4.79 Å². The van der Waals surface area contributed by atoms with Crippen LogP contribution in [0.5, 0.6) is 0 Å². The minimum Gasteiger partial charge on any atom is -0.478 e. The average molecular weight is 279 g/mol. The van der Waals surface area contributed by atoms with Gasteiger partial charge in [0.05, 0.1) is 5.56 Å². The van der Waals surface area contributed by atoms with Crippen molar-refractivity contribution < 1.29 is 9.90 Å². The van der Waals surface area contributed by atoms with Crippen LogP contribution in [0, 0.1) is 6.92 Å². The number of benzene rings is 1. The molecule has 0 amide bonds. The largest absolute Gasteiger partial charge is 0.478 e. The summed E-state index contributed by atoms with van der Waals surface area (Å²) in [6.45, 7) is 2.04. The van der Waals surface area contributed by atoms with Crippen LogP contribution in [0.4, 0.5) is 0 Å². The van der Waals surface area contributed by atoms with E-state index < -0.39 is 5.97 Å². The number of hydrogen-bond donors (Lipinski definition) is 1. The van der Waals surface area contributed by atoms with Gasteiger partial charge in [0, 0.05) is 6.20 Å². The Morgan fingerprint density at radius 2 is 1.90 bits per heavy atom. The van der Waals surface area contributed by atoms with Gasteiger partial charge in [-0.1, -0.05) is 35.9 Å². The van der Waals surface area contributed by atoms with Gasteiger partial charge >= 0.3 is 5.97 Å². The Hall–Kier alpha value is -2.95. The van der Waals surface area contributed by atoms with Crippen molar-refractivity contribution in [2.45, 2.75) is 6.92 Å². The number of aryl methyl sites for hydroxylation is 1. The lowest BCUT2D eigenvalue weighted by Gasteiger charge is -1.93. The van der Waals surface area contributed by atoms with Crippen LogP contribution in [-0.2, 0) is 0 Å². The molecule has 0 saturated carbocycles. The molecule has 3 rings (SSSR count). The number of carboxylic acids is 1. The molecule has 0 fully saturated rings. The van der Waals surface area contributed by atoms with Gasteiger partial charge in [-0.25, -0.2) is 14.3 Å². The van der Waals surface area contributed by atoms with Crippen molar-refractivity contribution in [2.75, 3.05) is 0 Å². The molecule has 5 nitrogen and oxygen atoms in total. The van der Waals surface area contributed by atoms with Crippen molar-refractivity contribution in [3.05, 3.63) is 65.1 Å². The van der Waals surface area contributed by atoms with Crippen LogP contribution in [0.3, 0.4) is 0 Å². The molecule has 0 aliphatic heterocycles. The molecule has 0 saturated heterocycles. The van der Waals surface area contributed by atoms with Crippen molar-refractivity contribution >= 4 is 23.8 Å². The molecule has 3 aromatic rings. The minimum atomic E-state index is -0.982. The molecule has 0 aliphatic carbocycles. The lowest BCUT2D eigenvalue weighted by Crippen LogP contribution is -1.99. The van der Waals surface area contributed by atoms with Gasteiger partial charge in [-0.15, -0.1) is 5.10 Å². The van der Waals surface area contributed by atoms with Crippen LogP contribution in [0.15, 0.2) is 42.6 Å². The van der Waals surface area contributed by atoms with Gasteiger partial charge in [-0.05, 0) is 30.7 Å². The monoisotopic (exact) mass is 279 g/mol. The van der Waals surface area contributed by atoms with E-state index in [1.807, 2.05) is 37.3 Å². The van der Waals surface area contributed by atoms with Gasteiger partial charge in [0.1, 0.15) is 0 Å². The summed E-state index contributed by atoms with van der Waals surface area (Å²) in [6.07, 6.45) is 5.18. The third-order valence-corrected chi connectivity index (χ3v) is 3.10. The van der Waals surface area contributed by atoms with Crippen molar-refractivity contribution in [2.24, 2.45) is 0 Å². The smallest absolute Gasteiger partial charge is 0.337 e. The lowest BCUT2D eigenvalue weighted by atomic mass is 10.1. The second-order valence-electron chi connectivity index (χ2n) is 4.74. The predicted molar refractivity (Wildman–Crippen MR) is 80.1 cm³/mol. The van der Waals surface area contributed by atoms with Gasteiger partial charge in [-0.3, -0.25) is 0 Å². The summed E-state index contributed by atoms with van der Waals surface area (Å²) in [4.78, 5) is 15.2. The highest BCUT2D eigenvalue weighted by Gasteiger charge is 2.06. The predicted octanol–water partition coefficient (Wildman–Crippen LogP) is 2.91. The maximum absolute atomic E-state index is 10.9. The maximum atomic E-state index is 10.9. The van der Waals surface area contributed by atoms with Crippen molar-refractivity contribution in [1.29, 1.82) is 0 Å². The molecular weight excluding hydrogens is 266 g/mol. The first-order valence-corrected chi connectivity index (χ1v) is 6.46. The zero-order chi connectivity index (χ0) is 14.8. The molecule has 5 heteroatoms. The van der Waals surface area contributed by atoms with Gasteiger partial charge in [0.2, 0.25) is 0 Å². The normalized spacial score (nSPS) is 11.3. The fourth-order valence-corrected chi connectivity index (χ4v) is 1.95. The highest BCUT2D eigenvalue weighted by atomic mass is 16.4. The number of aromatic nitrogens is 3. The molecule has 0 radical (unpaired) electrons. The Labute approximate surface area is 121 Å². The third-order valence-electron chi connectivity index (χ3n) is 3.10. The summed E-state index contributed by atoms with van der Waals surface area (Å²) in [5.74, 6) is -0.442. The van der Waals surface area contributed by atoms with E-state index in [4.69, 9.17) is 5.11 Å². The van der Waals surface area contributed by atoms with Gasteiger partial charge in [0.25, 0.3) is 0 Å². The van der Waals surface area contributed by atoms with Crippen LogP contribution in [0.2, 0.25) is 0 Å². The first kappa shape index (κ1) is 13.1. The molecule has 0 aliphatic rings. The second-order valence-corrected chi connectivity index (χ2v) is 4.74. The Balaban J connectivity index is 1.90. The lowest BCUT2D eigenvalue weighted by molar-refractivity contribution is 0.0696. The molecule has 1 N–H and O–H groups in total. The maximum Gasteiger partial charge on any atom is 0.337 e. The number of pyridine rings is 1. The summed E-state index contributed by atoms with van der Waals surface area (Å²) in [7, 11) is 0. The third kappa shape index (κ3) is 2.81. The van der Waals surface area contributed by atoms with Crippen molar-refractivity contribution in [3.8, 4) is 0 Å². The first-order valence-electron chi connectivity index (χ1n) is 6.46. The number of carboxylic acid groups (broad SMARTS) is 1. The topological polar surface area (TPSA) is 67.5 Å². The summed E-state index contributed by atoms with van der Waals surface area (Å²) in [5, 5.41) is 13.2. The molecule has 1 aromatic carbocycles. The molecule has 0 atom stereocenters. The molecular formula is C16H13N3O2. The number of aromatic carboxylic acids is 1. The molecule has 0 bridgehead atoms. The van der Waals surface area contributed by atoms with Gasteiger partial charge in [0.15, 0.2) is 11.5 Å². The average Bonchev–Trinajstić information content (AvgIpc) is 2.88. The van der Waals surface area contributed by atoms with Crippen molar-refractivity contribution in [3.63, 3.8) is 0 Å². The highest BCUT2D eigenvalue weighted by Crippen LogP contribution is 2.09. The van der Waals surface area contributed by atoms with Crippen molar-refractivity contribution in [1.82, 2.24) is 14.6 Å². The Bertz CT molecular complexity index is 832. The molecule has 2 heterocycles. The highest BCUT2D eigenvalue weighted by molar-refractivity contribution is 5.87. The fraction of sp³-hybridized carbons (Fsp3) is 0.0625. The standard InChI is InChI=1S/C16H13N3O2/c1-11-2-4-12(5-3-11)6-8-14-17-15-9-7-13(16(20)21)10-19(15)18-14/h2-10H,1H3,(H,20,21)/b8-6+. The number of hydrogen-bond acceptors (Lipinski definition) is 3. The SMILES string of the molecule is Cc1ccc(/C=C/c2nc3ccc(C(=O)O)cn3n2)cc1. The molecule has 0 spiro atoms. The van der Waals surface area contributed by atoms with Crippen LogP contribution in [0.1, 0.15) is 27.3 Å². The number of nitrogens with zero attached hydrogens (tertiary/aromatic N) is 3. The molecule has 21 heavy (non-hydrogen) atoms. The summed E-state index contributed by atoms with van der Waals surface area (Å²) in [5.41, 5.74) is 3.06. The number of fused-ring (bicyclic) bond motifs is 1. The van der Waals surface area contributed by atoms with Crippen LogP contribution in [-0.4, -0.2) is 25.7 Å². The van der Waals surface area contributed by atoms with Crippen LogP contribution >= 0.6 is 0 Å². The van der Waals surface area contributed by atoms with Gasteiger partial charge < -0.3 is 5.11 Å². The van der Waals surface area contributed by atoms with E-state index in [-0.39, 0.29) is 5.56 Å². The molecule has 2 aromatic heterocycles. The Morgan fingerprint density at radius 1 is 1.14 bits per heavy atom. The van der Waals surface area contributed by atoms with E-state index in [2.05, 4.69) is 10.1 Å². The second kappa shape index (κ2) is 5.20. The quantitative estimate of drug-likeness (QED) is 0.800. The zero-order valence-corrected chi connectivity index (χ0v) is 11.4. The van der Waals surface area contributed by atoms with Crippen LogP contribution < -0.4 is 0 Å². The van der Waals surface area contributed by atoms with Crippen LogP contribution in [0.25, 0.3) is 17.8 Å². The first-order chi connectivity index (χ1) is 10.1. The Kier molecular flexibility index (Phi) is 3.23. The Morgan fingerprint density at radius 3 is 2.62 bits per heavy atom. The fourth-order valence-electron chi connectivity index (χ4n) is 1.95. The molecule has 0 unspecified atom stereocenters. The summed E-state index contributed by atoms with van der Waals surface area (Å²) >= 11 is 0.